The predicted molar refractivity (Wildman–Crippen MR) is 78.4 cm³/mol. The highest BCUT2D eigenvalue weighted by Crippen LogP contribution is 2.24. The van der Waals surface area contributed by atoms with Crippen molar-refractivity contribution in [2.24, 2.45) is 0 Å². The molecule has 17 heavy (non-hydrogen) atoms. The largest absolute Gasteiger partial charge is 0.392 e. The molecule has 0 fully saturated rings. The van der Waals surface area contributed by atoms with Gasteiger partial charge in [0.2, 0.25) is 0 Å². The molecule has 0 bridgehead atoms. The second-order valence-electron chi connectivity index (χ2n) is 4.16. The zero-order valence-corrected chi connectivity index (χ0v) is 12.4. The molecule has 1 N–H and O–H groups in total. The SMILES string of the molecule is CCC(C)SCC(O)Cc1ccc(Cl)c(Cl)c1. The molecular formula is C13H18Cl2OS. The highest BCUT2D eigenvalue weighted by atomic mass is 35.5. The lowest BCUT2D eigenvalue weighted by Crippen LogP contribution is -2.15. The van der Waals surface area contributed by atoms with Crippen LogP contribution in [0, 0.1) is 0 Å². The van der Waals surface area contributed by atoms with Gasteiger partial charge in [-0.15, -0.1) is 0 Å². The normalized spacial score (nSPS) is 14.6. The van der Waals surface area contributed by atoms with Gasteiger partial charge in [0.1, 0.15) is 0 Å². The Kier molecular flexibility index (Phi) is 6.71. The van der Waals surface area contributed by atoms with E-state index in [4.69, 9.17) is 23.2 Å². The van der Waals surface area contributed by atoms with Crippen LogP contribution in [-0.4, -0.2) is 22.2 Å². The molecule has 0 aliphatic heterocycles. The summed E-state index contributed by atoms with van der Waals surface area (Å²) in [6.45, 7) is 4.33. The highest BCUT2D eigenvalue weighted by molar-refractivity contribution is 7.99. The Morgan fingerprint density at radius 2 is 2.00 bits per heavy atom. The zero-order valence-electron chi connectivity index (χ0n) is 10.1. The Morgan fingerprint density at radius 3 is 2.59 bits per heavy atom. The van der Waals surface area contributed by atoms with Gasteiger partial charge in [0.25, 0.3) is 0 Å². The van der Waals surface area contributed by atoms with E-state index in [-0.39, 0.29) is 6.10 Å². The van der Waals surface area contributed by atoms with Crippen molar-refractivity contribution >= 4 is 35.0 Å². The molecule has 4 heteroatoms. The third kappa shape index (κ3) is 5.52. The van der Waals surface area contributed by atoms with Crippen LogP contribution in [0.15, 0.2) is 18.2 Å². The van der Waals surface area contributed by atoms with Crippen LogP contribution >= 0.6 is 35.0 Å². The molecule has 0 spiro atoms. The molecule has 1 rings (SSSR count). The smallest absolute Gasteiger partial charge is 0.0670 e. The van der Waals surface area contributed by atoms with E-state index < -0.39 is 0 Å². The van der Waals surface area contributed by atoms with Crippen molar-refractivity contribution in [1.29, 1.82) is 0 Å². The molecular weight excluding hydrogens is 275 g/mol. The zero-order chi connectivity index (χ0) is 12.8. The molecule has 0 aromatic heterocycles. The number of aliphatic hydroxyl groups is 1. The van der Waals surface area contributed by atoms with Crippen LogP contribution in [0.5, 0.6) is 0 Å². The van der Waals surface area contributed by atoms with Crippen molar-refractivity contribution in [3.05, 3.63) is 33.8 Å². The van der Waals surface area contributed by atoms with Gasteiger partial charge < -0.3 is 5.11 Å². The van der Waals surface area contributed by atoms with Gasteiger partial charge in [-0.2, -0.15) is 11.8 Å². The van der Waals surface area contributed by atoms with Gasteiger partial charge >= 0.3 is 0 Å². The molecule has 2 atom stereocenters. The third-order valence-electron chi connectivity index (χ3n) is 2.60. The summed E-state index contributed by atoms with van der Waals surface area (Å²) in [7, 11) is 0. The van der Waals surface area contributed by atoms with Gasteiger partial charge in [-0.25, -0.2) is 0 Å². The Labute approximate surface area is 118 Å². The Morgan fingerprint density at radius 1 is 1.29 bits per heavy atom. The van der Waals surface area contributed by atoms with E-state index in [0.717, 1.165) is 17.7 Å². The topological polar surface area (TPSA) is 20.2 Å². The van der Waals surface area contributed by atoms with E-state index in [1.54, 1.807) is 17.8 Å². The number of hydrogen-bond acceptors (Lipinski definition) is 2. The van der Waals surface area contributed by atoms with Crippen molar-refractivity contribution in [3.63, 3.8) is 0 Å². The maximum atomic E-state index is 9.91. The molecule has 0 aliphatic carbocycles. The van der Waals surface area contributed by atoms with E-state index in [0.29, 0.717) is 21.7 Å². The number of halogens is 2. The Balaban J connectivity index is 2.44. The summed E-state index contributed by atoms with van der Waals surface area (Å²) < 4.78 is 0. The minimum atomic E-state index is -0.328. The van der Waals surface area contributed by atoms with E-state index in [1.165, 1.54) is 0 Å². The van der Waals surface area contributed by atoms with E-state index in [1.807, 2.05) is 12.1 Å². The Bertz CT molecular complexity index is 357. The van der Waals surface area contributed by atoms with Gasteiger partial charge in [0.15, 0.2) is 0 Å². The summed E-state index contributed by atoms with van der Waals surface area (Å²) in [4.78, 5) is 0. The Hall–Kier alpha value is 0.110. The van der Waals surface area contributed by atoms with Gasteiger partial charge in [-0.3, -0.25) is 0 Å². The van der Waals surface area contributed by atoms with Gasteiger partial charge in [0.05, 0.1) is 16.1 Å². The van der Waals surface area contributed by atoms with Crippen LogP contribution in [0.25, 0.3) is 0 Å². The summed E-state index contributed by atoms with van der Waals surface area (Å²) in [5.74, 6) is 0.759. The van der Waals surface area contributed by atoms with Crippen LogP contribution in [0.4, 0.5) is 0 Å². The van der Waals surface area contributed by atoms with E-state index in [2.05, 4.69) is 13.8 Å². The van der Waals surface area contributed by atoms with Crippen LogP contribution in [0.2, 0.25) is 10.0 Å². The molecule has 96 valence electrons. The van der Waals surface area contributed by atoms with Gasteiger partial charge in [-0.05, 0) is 30.5 Å². The van der Waals surface area contributed by atoms with Crippen LogP contribution in [0.3, 0.4) is 0 Å². The van der Waals surface area contributed by atoms with Gasteiger partial charge in [0, 0.05) is 11.0 Å². The number of benzene rings is 1. The molecule has 1 nitrogen and oxygen atoms in total. The molecule has 0 amide bonds. The molecule has 0 radical (unpaired) electrons. The fourth-order valence-electron chi connectivity index (χ4n) is 1.39. The molecule has 0 saturated heterocycles. The van der Waals surface area contributed by atoms with Crippen molar-refractivity contribution in [1.82, 2.24) is 0 Å². The summed E-state index contributed by atoms with van der Waals surface area (Å²) in [5, 5.41) is 11.6. The third-order valence-corrected chi connectivity index (χ3v) is 4.82. The average Bonchev–Trinajstić information content (AvgIpc) is 2.31. The minimum Gasteiger partial charge on any atom is -0.392 e. The van der Waals surface area contributed by atoms with Gasteiger partial charge in [-0.1, -0.05) is 43.1 Å². The maximum Gasteiger partial charge on any atom is 0.0670 e. The second kappa shape index (κ2) is 7.52. The lowest BCUT2D eigenvalue weighted by molar-refractivity contribution is 0.200. The highest BCUT2D eigenvalue weighted by Gasteiger charge is 2.09. The first-order valence-corrected chi connectivity index (χ1v) is 7.57. The number of aliphatic hydroxyl groups excluding tert-OH is 1. The molecule has 0 heterocycles. The first-order chi connectivity index (χ1) is 8.02. The van der Waals surface area contributed by atoms with Crippen molar-refractivity contribution < 1.29 is 5.11 Å². The maximum absolute atomic E-state index is 9.91. The fraction of sp³-hybridized carbons (Fsp3) is 0.538. The molecule has 0 saturated carbocycles. The summed E-state index contributed by atoms with van der Waals surface area (Å²) >= 11 is 13.6. The minimum absolute atomic E-state index is 0.328. The number of rotatable bonds is 6. The first kappa shape index (κ1) is 15.2. The average molecular weight is 293 g/mol. The molecule has 1 aromatic carbocycles. The van der Waals surface area contributed by atoms with Crippen LogP contribution in [0.1, 0.15) is 25.8 Å². The van der Waals surface area contributed by atoms with Crippen molar-refractivity contribution in [3.8, 4) is 0 Å². The molecule has 0 aliphatic rings. The monoisotopic (exact) mass is 292 g/mol. The summed E-state index contributed by atoms with van der Waals surface area (Å²) in [6.07, 6.45) is 1.43. The number of hydrogen-bond donors (Lipinski definition) is 1. The summed E-state index contributed by atoms with van der Waals surface area (Å²) in [6, 6.07) is 5.50. The molecule has 1 aromatic rings. The van der Waals surface area contributed by atoms with Crippen molar-refractivity contribution in [2.75, 3.05) is 5.75 Å². The quantitative estimate of drug-likeness (QED) is 0.837. The second-order valence-corrected chi connectivity index (χ2v) is 6.44. The van der Waals surface area contributed by atoms with E-state index >= 15 is 0 Å². The van der Waals surface area contributed by atoms with Crippen LogP contribution < -0.4 is 0 Å². The predicted octanol–water partition coefficient (Wildman–Crippen LogP) is 4.43. The lowest BCUT2D eigenvalue weighted by atomic mass is 10.1. The van der Waals surface area contributed by atoms with Crippen molar-refractivity contribution in [2.45, 2.75) is 38.0 Å². The number of thioether (sulfide) groups is 1. The summed E-state index contributed by atoms with van der Waals surface area (Å²) in [5.41, 5.74) is 1.02. The fourth-order valence-corrected chi connectivity index (χ4v) is 2.62. The molecule has 2 unspecified atom stereocenters. The van der Waals surface area contributed by atoms with Crippen LogP contribution in [-0.2, 0) is 6.42 Å². The first-order valence-electron chi connectivity index (χ1n) is 5.76. The van der Waals surface area contributed by atoms with E-state index in [9.17, 15) is 5.11 Å². The standard InChI is InChI=1S/C13H18Cl2OS/c1-3-9(2)17-8-11(16)6-10-4-5-12(14)13(15)7-10/h4-5,7,9,11,16H,3,6,8H2,1-2H3. The lowest BCUT2D eigenvalue weighted by Gasteiger charge is -2.13.